The van der Waals surface area contributed by atoms with E-state index in [2.05, 4.69) is 43.5 Å². The van der Waals surface area contributed by atoms with E-state index in [0.717, 1.165) is 17.4 Å². The minimum atomic E-state index is 0.0697. The maximum atomic E-state index is 6.00. The van der Waals surface area contributed by atoms with Crippen LogP contribution in [0.5, 0.6) is 0 Å². The predicted octanol–water partition coefficient (Wildman–Crippen LogP) is 3.35. The first kappa shape index (κ1) is 15.8. The number of nitrogens with one attached hydrogen (secondary N) is 1. The number of nitrogens with two attached hydrogens (primary N) is 1. The van der Waals surface area contributed by atoms with Crippen molar-refractivity contribution in [2.45, 2.75) is 44.2 Å². The Hall–Kier alpha value is -0.610. The first-order valence-corrected chi connectivity index (χ1v) is 7.76. The van der Waals surface area contributed by atoms with Crippen LogP contribution in [0.1, 0.15) is 44.2 Å². The minimum absolute atomic E-state index is 0.0697. The topological polar surface area (TPSA) is 41.3 Å². The van der Waals surface area contributed by atoms with Gasteiger partial charge in [0.25, 0.3) is 0 Å². The van der Waals surface area contributed by atoms with E-state index in [9.17, 15) is 0 Å². The van der Waals surface area contributed by atoms with Gasteiger partial charge in [-0.2, -0.15) is 0 Å². The monoisotopic (exact) mass is 295 g/mol. The molecule has 1 aromatic carbocycles. The van der Waals surface area contributed by atoms with Crippen LogP contribution in [-0.2, 0) is 0 Å². The summed E-state index contributed by atoms with van der Waals surface area (Å²) in [6.45, 7) is 2.34. The third-order valence-electron chi connectivity index (χ3n) is 4.81. The maximum absolute atomic E-state index is 6.00. The second kappa shape index (κ2) is 6.44. The van der Waals surface area contributed by atoms with Crippen LogP contribution in [0.3, 0.4) is 0 Å². The molecule has 0 aliphatic heterocycles. The number of hydrogen-bond donors (Lipinski definition) is 2. The SMILES string of the molecule is CC1CCCC(C(NN)c2ccc(Cl)cc2)(N(C)C)C1. The molecule has 1 aliphatic carbocycles. The van der Waals surface area contributed by atoms with E-state index in [1.54, 1.807) is 0 Å². The van der Waals surface area contributed by atoms with E-state index in [0.29, 0.717) is 0 Å². The quantitative estimate of drug-likeness (QED) is 0.661. The summed E-state index contributed by atoms with van der Waals surface area (Å²) in [6.07, 6.45) is 4.90. The Morgan fingerprint density at radius 1 is 1.35 bits per heavy atom. The molecule has 2 rings (SSSR count). The number of hydrazine groups is 1. The number of hydrogen-bond acceptors (Lipinski definition) is 3. The van der Waals surface area contributed by atoms with E-state index >= 15 is 0 Å². The number of nitrogens with zero attached hydrogens (tertiary/aromatic N) is 1. The number of benzene rings is 1. The average molecular weight is 296 g/mol. The molecule has 1 saturated carbocycles. The number of rotatable bonds is 4. The summed E-state index contributed by atoms with van der Waals surface area (Å²) in [6, 6.07) is 8.17. The Balaban J connectivity index is 2.37. The van der Waals surface area contributed by atoms with Gasteiger partial charge in [0.1, 0.15) is 0 Å². The van der Waals surface area contributed by atoms with Crippen molar-refractivity contribution in [3.8, 4) is 0 Å². The second-order valence-corrected chi connectivity index (χ2v) is 6.79. The van der Waals surface area contributed by atoms with Gasteiger partial charge in [-0.1, -0.05) is 43.5 Å². The molecule has 0 amide bonds. The van der Waals surface area contributed by atoms with Gasteiger partial charge in [0.2, 0.25) is 0 Å². The molecule has 3 nitrogen and oxygen atoms in total. The molecule has 0 spiro atoms. The van der Waals surface area contributed by atoms with Crippen LogP contribution in [-0.4, -0.2) is 24.5 Å². The molecule has 3 unspecified atom stereocenters. The molecule has 20 heavy (non-hydrogen) atoms. The second-order valence-electron chi connectivity index (χ2n) is 6.35. The van der Waals surface area contributed by atoms with Crippen molar-refractivity contribution in [1.29, 1.82) is 0 Å². The Kier molecular flexibility index (Phi) is 5.08. The lowest BCUT2D eigenvalue weighted by atomic mass is 9.70. The molecular weight excluding hydrogens is 270 g/mol. The summed E-state index contributed by atoms with van der Waals surface area (Å²) in [5.41, 5.74) is 4.34. The van der Waals surface area contributed by atoms with Gasteiger partial charge in [-0.15, -0.1) is 0 Å². The molecule has 0 aromatic heterocycles. The molecule has 4 heteroatoms. The van der Waals surface area contributed by atoms with Gasteiger partial charge in [0.15, 0.2) is 0 Å². The summed E-state index contributed by atoms with van der Waals surface area (Å²) in [5.74, 6) is 6.66. The largest absolute Gasteiger partial charge is 0.302 e. The summed E-state index contributed by atoms with van der Waals surface area (Å²) >= 11 is 6.00. The molecule has 0 saturated heterocycles. The lowest BCUT2D eigenvalue weighted by Gasteiger charge is -2.50. The summed E-state index contributed by atoms with van der Waals surface area (Å²) in [7, 11) is 4.33. The van der Waals surface area contributed by atoms with Gasteiger partial charge in [0, 0.05) is 10.6 Å². The molecule has 112 valence electrons. The van der Waals surface area contributed by atoms with E-state index in [1.807, 2.05) is 12.1 Å². The maximum Gasteiger partial charge on any atom is 0.0643 e. The zero-order valence-corrected chi connectivity index (χ0v) is 13.5. The van der Waals surface area contributed by atoms with Crippen LogP contribution in [0.2, 0.25) is 5.02 Å². The molecular formula is C16H26ClN3. The van der Waals surface area contributed by atoms with Crippen molar-refractivity contribution >= 4 is 11.6 Å². The number of halogens is 1. The third-order valence-corrected chi connectivity index (χ3v) is 5.06. The zero-order chi connectivity index (χ0) is 14.8. The third kappa shape index (κ3) is 3.01. The van der Waals surface area contributed by atoms with E-state index in [4.69, 9.17) is 17.4 Å². The van der Waals surface area contributed by atoms with Crippen LogP contribution in [0, 0.1) is 5.92 Å². The molecule has 1 aliphatic rings. The Labute approximate surface area is 127 Å². The highest BCUT2D eigenvalue weighted by Gasteiger charge is 2.43. The normalized spacial score (nSPS) is 28.6. The van der Waals surface area contributed by atoms with Crippen LogP contribution in [0.4, 0.5) is 0 Å². The van der Waals surface area contributed by atoms with Crippen molar-refractivity contribution in [3.63, 3.8) is 0 Å². The fraction of sp³-hybridized carbons (Fsp3) is 0.625. The van der Waals surface area contributed by atoms with Crippen molar-refractivity contribution < 1.29 is 0 Å². The lowest BCUT2D eigenvalue weighted by Crippen LogP contribution is -2.57. The van der Waals surface area contributed by atoms with E-state index in [-0.39, 0.29) is 11.6 Å². The van der Waals surface area contributed by atoms with Crippen LogP contribution in [0.25, 0.3) is 0 Å². The van der Waals surface area contributed by atoms with Crippen molar-refractivity contribution in [2.24, 2.45) is 11.8 Å². The fourth-order valence-electron chi connectivity index (χ4n) is 3.71. The van der Waals surface area contributed by atoms with Crippen molar-refractivity contribution in [1.82, 2.24) is 10.3 Å². The van der Waals surface area contributed by atoms with Gasteiger partial charge in [0.05, 0.1) is 6.04 Å². The molecule has 1 fully saturated rings. The Morgan fingerprint density at radius 2 is 2.00 bits per heavy atom. The highest BCUT2D eigenvalue weighted by molar-refractivity contribution is 6.30. The van der Waals surface area contributed by atoms with Gasteiger partial charge in [-0.3, -0.25) is 11.3 Å². The van der Waals surface area contributed by atoms with E-state index < -0.39 is 0 Å². The molecule has 0 bridgehead atoms. The highest BCUT2D eigenvalue weighted by Crippen LogP contribution is 2.43. The summed E-state index contributed by atoms with van der Waals surface area (Å²) in [5, 5.41) is 0.764. The van der Waals surface area contributed by atoms with Crippen molar-refractivity contribution in [3.05, 3.63) is 34.9 Å². The smallest absolute Gasteiger partial charge is 0.0643 e. The molecule has 0 radical (unpaired) electrons. The standard InChI is InChI=1S/C16H26ClN3/c1-12-5-4-10-16(11-12,20(2)3)15(19-18)13-6-8-14(17)9-7-13/h6-9,12,15,19H,4-5,10-11,18H2,1-3H3. The molecule has 3 N–H and O–H groups in total. The van der Waals surface area contributed by atoms with Gasteiger partial charge in [-0.05, 0) is 50.6 Å². The minimum Gasteiger partial charge on any atom is -0.302 e. The van der Waals surface area contributed by atoms with Crippen LogP contribution < -0.4 is 11.3 Å². The van der Waals surface area contributed by atoms with Crippen LogP contribution >= 0.6 is 11.6 Å². The fourth-order valence-corrected chi connectivity index (χ4v) is 3.83. The Bertz CT molecular complexity index is 432. The zero-order valence-electron chi connectivity index (χ0n) is 12.7. The Morgan fingerprint density at radius 3 is 2.50 bits per heavy atom. The highest BCUT2D eigenvalue weighted by atomic mass is 35.5. The van der Waals surface area contributed by atoms with Crippen molar-refractivity contribution in [2.75, 3.05) is 14.1 Å². The summed E-state index contributed by atoms with van der Waals surface area (Å²) < 4.78 is 0. The van der Waals surface area contributed by atoms with Crippen LogP contribution in [0.15, 0.2) is 24.3 Å². The summed E-state index contributed by atoms with van der Waals surface area (Å²) in [4.78, 5) is 2.35. The van der Waals surface area contributed by atoms with E-state index in [1.165, 1.54) is 24.8 Å². The molecule has 3 atom stereocenters. The first-order chi connectivity index (χ1) is 9.49. The molecule has 0 heterocycles. The lowest BCUT2D eigenvalue weighted by molar-refractivity contribution is 0.0366. The predicted molar refractivity (Wildman–Crippen MR) is 85.6 cm³/mol. The van der Waals surface area contributed by atoms with Gasteiger partial charge in [-0.25, -0.2) is 0 Å². The number of likely N-dealkylation sites (N-methyl/N-ethyl adjacent to an activating group) is 1. The van der Waals surface area contributed by atoms with Gasteiger partial charge < -0.3 is 4.90 Å². The molecule has 1 aromatic rings. The first-order valence-electron chi connectivity index (χ1n) is 7.38. The van der Waals surface area contributed by atoms with Gasteiger partial charge >= 0.3 is 0 Å². The average Bonchev–Trinajstić information content (AvgIpc) is 2.41.